The number of anilines is 2. The van der Waals surface area contributed by atoms with Crippen LogP contribution in [-0.2, 0) is 9.59 Å². The average Bonchev–Trinajstić information content (AvgIpc) is 3.53. The van der Waals surface area contributed by atoms with E-state index in [1.54, 1.807) is 11.5 Å². The Morgan fingerprint density at radius 3 is 2.42 bits per heavy atom. The third-order valence-corrected chi connectivity index (χ3v) is 7.09. The summed E-state index contributed by atoms with van der Waals surface area (Å²) in [5.74, 6) is -1.07. The lowest BCUT2D eigenvalue weighted by Crippen LogP contribution is -2.57. The van der Waals surface area contributed by atoms with E-state index in [-0.39, 0.29) is 6.54 Å². The molecule has 0 radical (unpaired) electrons. The normalized spacial score (nSPS) is 17.1. The summed E-state index contributed by atoms with van der Waals surface area (Å²) in [6, 6.07) is 2.72. The summed E-state index contributed by atoms with van der Waals surface area (Å²) in [6.45, 7) is 7.19. The molecule has 1 saturated heterocycles. The van der Waals surface area contributed by atoms with Gasteiger partial charge in [-0.15, -0.1) is 0 Å². The van der Waals surface area contributed by atoms with Gasteiger partial charge in [0.25, 0.3) is 5.91 Å². The van der Waals surface area contributed by atoms with Gasteiger partial charge in [-0.3, -0.25) is 14.8 Å². The van der Waals surface area contributed by atoms with Crippen LogP contribution in [0.2, 0.25) is 0 Å². The lowest BCUT2D eigenvalue weighted by Gasteiger charge is -2.35. The first-order valence-electron chi connectivity index (χ1n) is 12.9. The summed E-state index contributed by atoms with van der Waals surface area (Å²) >= 11 is 0. The molecule has 1 heterocycles. The van der Waals surface area contributed by atoms with Crippen molar-refractivity contribution in [1.82, 2.24) is 15.7 Å². The highest BCUT2D eigenvalue weighted by molar-refractivity contribution is 5.97. The van der Waals surface area contributed by atoms with Gasteiger partial charge in [0.05, 0.1) is 11.4 Å². The zero-order chi connectivity index (χ0) is 26.3. The number of halogens is 1. The van der Waals surface area contributed by atoms with E-state index in [0.717, 1.165) is 50.9 Å². The molecule has 1 aliphatic carbocycles. The number of carbonyl (C=O) groups excluding carboxylic acids is 3. The minimum absolute atomic E-state index is 0.305. The molecular weight excluding hydrogens is 465 g/mol. The van der Waals surface area contributed by atoms with Gasteiger partial charge in [0.1, 0.15) is 18.4 Å². The molecule has 1 aromatic carbocycles. The van der Waals surface area contributed by atoms with Crippen molar-refractivity contribution >= 4 is 29.2 Å². The van der Waals surface area contributed by atoms with E-state index in [2.05, 4.69) is 15.5 Å². The monoisotopic (exact) mass is 505 g/mol. The van der Waals surface area contributed by atoms with Gasteiger partial charge in [0.15, 0.2) is 0 Å². The first kappa shape index (κ1) is 27.7. The number of amides is 4. The van der Waals surface area contributed by atoms with Crippen LogP contribution in [0, 0.1) is 17.2 Å². The van der Waals surface area contributed by atoms with Crippen LogP contribution in [0.3, 0.4) is 0 Å². The molecule has 4 N–H and O–H groups in total. The van der Waals surface area contributed by atoms with Gasteiger partial charge in [-0.2, -0.15) is 0 Å². The summed E-state index contributed by atoms with van der Waals surface area (Å²) in [6.07, 6.45) is 7.36. The first-order valence-corrected chi connectivity index (χ1v) is 12.9. The summed E-state index contributed by atoms with van der Waals surface area (Å²) in [5.41, 5.74) is 2.00. The van der Waals surface area contributed by atoms with Crippen LogP contribution < -0.4 is 21.0 Å². The Balaban J connectivity index is 1.75. The second kappa shape index (κ2) is 12.4. The van der Waals surface area contributed by atoms with E-state index >= 15 is 0 Å². The highest BCUT2D eigenvalue weighted by atomic mass is 19.1. The standard InChI is InChI=1S/C26H40FN5O4/c1-26(2,3)23(24(34)32(17-22(33)30-36)15-12-18-8-4-5-9-18)29-25(35)28-20-16-19(27)10-11-21(20)31-13-6-7-14-31/h10-11,16,18,23,36H,4-9,12-15,17H2,1-3H3,(H,30,33)(H2,28,29,35)/t23-/m1/s1. The highest BCUT2D eigenvalue weighted by Gasteiger charge is 2.37. The van der Waals surface area contributed by atoms with Gasteiger partial charge in [0.2, 0.25) is 5.91 Å². The Morgan fingerprint density at radius 2 is 1.81 bits per heavy atom. The Kier molecular flexibility index (Phi) is 9.53. The fourth-order valence-electron chi connectivity index (χ4n) is 5.08. The van der Waals surface area contributed by atoms with Gasteiger partial charge >= 0.3 is 6.03 Å². The van der Waals surface area contributed by atoms with E-state index in [0.29, 0.717) is 18.2 Å². The minimum Gasteiger partial charge on any atom is -0.370 e. The summed E-state index contributed by atoms with van der Waals surface area (Å²) in [7, 11) is 0. The van der Waals surface area contributed by atoms with Gasteiger partial charge in [-0.05, 0) is 48.8 Å². The zero-order valence-electron chi connectivity index (χ0n) is 21.6. The van der Waals surface area contributed by atoms with Crippen LogP contribution in [0.25, 0.3) is 0 Å². The van der Waals surface area contributed by atoms with E-state index < -0.39 is 35.1 Å². The molecule has 1 aliphatic heterocycles. The quantitative estimate of drug-likeness (QED) is 0.301. The molecule has 3 rings (SSSR count). The molecular formula is C26H40FN5O4. The molecule has 2 aliphatic rings. The molecule has 1 saturated carbocycles. The average molecular weight is 506 g/mol. The van der Waals surface area contributed by atoms with Gasteiger partial charge in [-0.25, -0.2) is 14.7 Å². The molecule has 2 fully saturated rings. The Bertz CT molecular complexity index is 923. The Morgan fingerprint density at radius 1 is 1.14 bits per heavy atom. The van der Waals surface area contributed by atoms with Crippen molar-refractivity contribution in [1.29, 1.82) is 0 Å². The molecule has 10 heteroatoms. The van der Waals surface area contributed by atoms with Crippen LogP contribution in [0.5, 0.6) is 0 Å². The van der Waals surface area contributed by atoms with Crippen LogP contribution in [-0.4, -0.2) is 60.2 Å². The zero-order valence-corrected chi connectivity index (χ0v) is 21.6. The number of carbonyl (C=O) groups is 3. The fourth-order valence-corrected chi connectivity index (χ4v) is 5.08. The molecule has 200 valence electrons. The lowest BCUT2D eigenvalue weighted by atomic mass is 9.85. The molecule has 4 amide bonds. The molecule has 1 atom stereocenters. The maximum absolute atomic E-state index is 14.0. The Labute approximate surface area is 212 Å². The predicted molar refractivity (Wildman–Crippen MR) is 136 cm³/mol. The molecule has 36 heavy (non-hydrogen) atoms. The number of nitrogens with zero attached hydrogens (tertiary/aromatic N) is 2. The molecule has 0 spiro atoms. The SMILES string of the molecule is CC(C)(C)[C@H](NC(=O)Nc1cc(F)ccc1N1CCCC1)C(=O)N(CCC1CCCC1)CC(=O)NO. The topological polar surface area (TPSA) is 114 Å². The maximum Gasteiger partial charge on any atom is 0.319 e. The van der Waals surface area contributed by atoms with Crippen molar-refractivity contribution in [3.63, 3.8) is 0 Å². The second-order valence-electron chi connectivity index (χ2n) is 11.0. The van der Waals surface area contributed by atoms with Crippen molar-refractivity contribution < 1.29 is 24.0 Å². The largest absolute Gasteiger partial charge is 0.370 e. The molecule has 1 aromatic rings. The van der Waals surface area contributed by atoms with E-state index in [1.807, 2.05) is 20.8 Å². The molecule has 0 unspecified atom stereocenters. The van der Waals surface area contributed by atoms with E-state index in [4.69, 9.17) is 5.21 Å². The summed E-state index contributed by atoms with van der Waals surface area (Å²) < 4.78 is 14.0. The number of hydroxylamine groups is 1. The maximum atomic E-state index is 14.0. The number of hydrogen-bond donors (Lipinski definition) is 4. The Hall–Kier alpha value is -2.88. The third kappa shape index (κ3) is 7.56. The third-order valence-electron chi connectivity index (χ3n) is 7.09. The number of hydrogen-bond acceptors (Lipinski definition) is 5. The number of rotatable bonds is 9. The number of benzene rings is 1. The highest BCUT2D eigenvalue weighted by Crippen LogP contribution is 2.31. The van der Waals surface area contributed by atoms with Crippen molar-refractivity contribution in [2.24, 2.45) is 11.3 Å². The molecule has 9 nitrogen and oxygen atoms in total. The second-order valence-corrected chi connectivity index (χ2v) is 11.0. The number of nitrogens with one attached hydrogen (secondary N) is 3. The molecule has 0 aromatic heterocycles. The van der Waals surface area contributed by atoms with Crippen LogP contribution in [0.15, 0.2) is 18.2 Å². The minimum atomic E-state index is -0.948. The first-order chi connectivity index (χ1) is 17.1. The van der Waals surface area contributed by atoms with Gasteiger partial charge in [-0.1, -0.05) is 46.5 Å². The number of urea groups is 1. The summed E-state index contributed by atoms with van der Waals surface area (Å²) in [4.78, 5) is 42.1. The summed E-state index contributed by atoms with van der Waals surface area (Å²) in [5, 5.41) is 14.5. The van der Waals surface area contributed by atoms with Gasteiger partial charge in [0, 0.05) is 19.6 Å². The van der Waals surface area contributed by atoms with E-state index in [1.165, 1.54) is 29.9 Å². The van der Waals surface area contributed by atoms with E-state index in [9.17, 15) is 18.8 Å². The fraction of sp³-hybridized carbons (Fsp3) is 0.654. The van der Waals surface area contributed by atoms with Crippen molar-refractivity contribution in [2.45, 2.75) is 71.8 Å². The van der Waals surface area contributed by atoms with Gasteiger partial charge < -0.3 is 20.4 Å². The van der Waals surface area contributed by atoms with Crippen LogP contribution in [0.1, 0.15) is 65.7 Å². The smallest absolute Gasteiger partial charge is 0.319 e. The predicted octanol–water partition coefficient (Wildman–Crippen LogP) is 3.88. The molecule has 0 bridgehead atoms. The van der Waals surface area contributed by atoms with Crippen LogP contribution in [0.4, 0.5) is 20.6 Å². The van der Waals surface area contributed by atoms with Crippen molar-refractivity contribution in [3.8, 4) is 0 Å². The van der Waals surface area contributed by atoms with Crippen molar-refractivity contribution in [3.05, 3.63) is 24.0 Å². The van der Waals surface area contributed by atoms with Crippen molar-refractivity contribution in [2.75, 3.05) is 36.4 Å². The lowest BCUT2D eigenvalue weighted by molar-refractivity contribution is -0.142. The van der Waals surface area contributed by atoms with Crippen LogP contribution >= 0.6 is 0 Å².